The standard InChI is InChI=1S/C44H36N2O2/c1-27-17-28(2)20-31(19-27)25-45-41(37-15-13-33-9-5-7-11-35(33)23-37)39-40(43(45)47)42(38-16-14-34-10-6-8-12-36(34)24-38)46(44(39)48)26-32-21-29(3)18-30(4)22-32/h5-24H,25-26H2,1-4H3. The number of nitrogens with zero attached hydrogens (tertiary/aromatic N) is 2. The minimum atomic E-state index is -0.147. The second-order valence-corrected chi connectivity index (χ2v) is 13.3. The van der Waals surface area contributed by atoms with Gasteiger partial charge in [-0.1, -0.05) is 131 Å². The van der Waals surface area contributed by atoms with Crippen molar-refractivity contribution in [2.75, 3.05) is 0 Å². The van der Waals surface area contributed by atoms with Crippen molar-refractivity contribution in [1.29, 1.82) is 0 Å². The Morgan fingerprint density at radius 2 is 0.771 bits per heavy atom. The normalized spacial score (nSPS) is 14.7. The summed E-state index contributed by atoms with van der Waals surface area (Å²) in [5.41, 5.74) is 10.7. The molecule has 6 aromatic carbocycles. The van der Waals surface area contributed by atoms with Crippen LogP contribution in [0.2, 0.25) is 0 Å². The maximum Gasteiger partial charge on any atom is 0.261 e. The summed E-state index contributed by atoms with van der Waals surface area (Å²) < 4.78 is 0. The first-order valence-corrected chi connectivity index (χ1v) is 16.5. The highest BCUT2D eigenvalue weighted by atomic mass is 16.2. The van der Waals surface area contributed by atoms with E-state index in [-0.39, 0.29) is 11.8 Å². The van der Waals surface area contributed by atoms with Gasteiger partial charge < -0.3 is 9.80 Å². The van der Waals surface area contributed by atoms with Crippen LogP contribution in [0, 0.1) is 27.7 Å². The molecule has 6 aromatic rings. The van der Waals surface area contributed by atoms with Crippen LogP contribution in [-0.2, 0) is 22.7 Å². The number of hydrogen-bond donors (Lipinski definition) is 0. The first-order valence-electron chi connectivity index (χ1n) is 16.5. The lowest BCUT2D eigenvalue weighted by molar-refractivity contribution is -0.124. The molecule has 234 valence electrons. The Hall–Kier alpha value is -5.74. The van der Waals surface area contributed by atoms with Gasteiger partial charge in [-0.05, 0) is 83.6 Å². The van der Waals surface area contributed by atoms with Gasteiger partial charge in [-0.25, -0.2) is 0 Å². The van der Waals surface area contributed by atoms with Crippen LogP contribution in [0.1, 0.15) is 44.5 Å². The molecule has 2 heterocycles. The second kappa shape index (κ2) is 11.5. The molecular weight excluding hydrogens is 588 g/mol. The topological polar surface area (TPSA) is 40.6 Å². The molecule has 2 aliphatic rings. The highest BCUT2D eigenvalue weighted by Crippen LogP contribution is 2.48. The third kappa shape index (κ3) is 5.10. The Morgan fingerprint density at radius 3 is 1.15 bits per heavy atom. The van der Waals surface area contributed by atoms with Gasteiger partial charge in [0.25, 0.3) is 11.8 Å². The predicted molar refractivity (Wildman–Crippen MR) is 195 cm³/mol. The van der Waals surface area contributed by atoms with E-state index < -0.39 is 0 Å². The van der Waals surface area contributed by atoms with Crippen molar-refractivity contribution < 1.29 is 9.59 Å². The molecule has 0 unspecified atom stereocenters. The van der Waals surface area contributed by atoms with Gasteiger partial charge in [-0.2, -0.15) is 0 Å². The van der Waals surface area contributed by atoms with Gasteiger partial charge in [-0.3, -0.25) is 9.59 Å². The van der Waals surface area contributed by atoms with Crippen LogP contribution in [0.15, 0.2) is 132 Å². The summed E-state index contributed by atoms with van der Waals surface area (Å²) in [6, 6.07) is 41.7. The smallest absolute Gasteiger partial charge is 0.261 e. The van der Waals surface area contributed by atoms with Crippen molar-refractivity contribution in [2.45, 2.75) is 40.8 Å². The second-order valence-electron chi connectivity index (χ2n) is 13.3. The van der Waals surface area contributed by atoms with E-state index in [4.69, 9.17) is 0 Å². The Bertz CT molecular complexity index is 2190. The summed E-state index contributed by atoms with van der Waals surface area (Å²) in [5, 5.41) is 4.34. The van der Waals surface area contributed by atoms with E-state index in [2.05, 4.69) is 113 Å². The highest BCUT2D eigenvalue weighted by molar-refractivity contribution is 6.30. The molecule has 0 aliphatic carbocycles. The molecule has 0 atom stereocenters. The third-order valence-electron chi connectivity index (χ3n) is 9.47. The Morgan fingerprint density at radius 1 is 0.417 bits per heavy atom. The third-order valence-corrected chi connectivity index (χ3v) is 9.47. The van der Waals surface area contributed by atoms with Crippen molar-refractivity contribution in [3.63, 3.8) is 0 Å². The van der Waals surface area contributed by atoms with E-state index in [9.17, 15) is 9.59 Å². The molecule has 4 nitrogen and oxygen atoms in total. The fraction of sp³-hybridized carbons (Fsp3) is 0.136. The minimum Gasteiger partial charge on any atom is -0.302 e. The number of carbonyl (C=O) groups excluding carboxylic acids is 2. The molecule has 2 amide bonds. The van der Waals surface area contributed by atoms with E-state index in [0.717, 1.165) is 66.1 Å². The van der Waals surface area contributed by atoms with Crippen LogP contribution in [-0.4, -0.2) is 21.6 Å². The number of amides is 2. The maximum atomic E-state index is 15.0. The zero-order valence-electron chi connectivity index (χ0n) is 27.7. The van der Waals surface area contributed by atoms with Crippen molar-refractivity contribution in [1.82, 2.24) is 9.80 Å². The molecule has 0 saturated carbocycles. The zero-order valence-corrected chi connectivity index (χ0v) is 27.7. The Labute approximate surface area is 281 Å². The quantitative estimate of drug-likeness (QED) is 0.185. The van der Waals surface area contributed by atoms with Gasteiger partial charge in [-0.15, -0.1) is 0 Å². The van der Waals surface area contributed by atoms with E-state index >= 15 is 0 Å². The first-order chi connectivity index (χ1) is 23.2. The molecule has 4 heteroatoms. The minimum absolute atomic E-state index is 0.147. The SMILES string of the molecule is Cc1cc(C)cc(CN2C(=O)C3=C(c4ccc5ccccc5c4)N(Cc4cc(C)cc(C)c4)C(=O)C3=C2c2ccc3ccccc3c2)c1. The molecule has 8 rings (SSSR count). The molecule has 0 aromatic heterocycles. The fourth-order valence-corrected chi connectivity index (χ4v) is 7.66. The van der Waals surface area contributed by atoms with Crippen LogP contribution < -0.4 is 0 Å². The Balaban J connectivity index is 1.38. The van der Waals surface area contributed by atoms with Crippen molar-refractivity contribution in [2.24, 2.45) is 0 Å². The summed E-state index contributed by atoms with van der Waals surface area (Å²) in [6.07, 6.45) is 0. The van der Waals surface area contributed by atoms with Crippen LogP contribution in [0.4, 0.5) is 0 Å². The molecular formula is C44H36N2O2. The first kappa shape index (κ1) is 29.6. The number of carbonyl (C=O) groups is 2. The molecule has 0 spiro atoms. The predicted octanol–water partition coefficient (Wildman–Crippen LogP) is 9.43. The molecule has 0 N–H and O–H groups in total. The average Bonchev–Trinajstić information content (AvgIpc) is 3.49. The van der Waals surface area contributed by atoms with Gasteiger partial charge in [0, 0.05) is 0 Å². The maximum absolute atomic E-state index is 15.0. The largest absolute Gasteiger partial charge is 0.302 e. The van der Waals surface area contributed by atoms with Gasteiger partial charge in [0.2, 0.25) is 0 Å². The lowest BCUT2D eigenvalue weighted by Gasteiger charge is -2.26. The van der Waals surface area contributed by atoms with Crippen LogP contribution in [0.5, 0.6) is 0 Å². The van der Waals surface area contributed by atoms with Gasteiger partial charge in [0.05, 0.1) is 35.6 Å². The van der Waals surface area contributed by atoms with Gasteiger partial charge in [0.1, 0.15) is 0 Å². The summed E-state index contributed by atoms with van der Waals surface area (Å²) in [7, 11) is 0. The van der Waals surface area contributed by atoms with E-state index in [1.165, 1.54) is 0 Å². The number of rotatable bonds is 6. The molecule has 2 aliphatic heterocycles. The zero-order chi connectivity index (χ0) is 33.1. The monoisotopic (exact) mass is 624 g/mol. The molecule has 48 heavy (non-hydrogen) atoms. The summed E-state index contributed by atoms with van der Waals surface area (Å²) in [6.45, 7) is 9.05. The van der Waals surface area contributed by atoms with Gasteiger partial charge in [0.15, 0.2) is 0 Å². The van der Waals surface area contributed by atoms with Crippen LogP contribution >= 0.6 is 0 Å². The lowest BCUT2D eigenvalue weighted by atomic mass is 9.99. The van der Waals surface area contributed by atoms with E-state index in [1.54, 1.807) is 0 Å². The number of fused-ring (bicyclic) bond motifs is 3. The average molecular weight is 625 g/mol. The van der Waals surface area contributed by atoms with E-state index in [0.29, 0.717) is 35.6 Å². The highest BCUT2D eigenvalue weighted by Gasteiger charge is 2.49. The van der Waals surface area contributed by atoms with Crippen molar-refractivity contribution >= 4 is 44.8 Å². The number of aryl methyl sites for hydroxylation is 4. The van der Waals surface area contributed by atoms with Gasteiger partial charge >= 0.3 is 0 Å². The van der Waals surface area contributed by atoms with E-state index in [1.807, 2.05) is 46.2 Å². The summed E-state index contributed by atoms with van der Waals surface area (Å²) >= 11 is 0. The number of benzene rings is 6. The summed E-state index contributed by atoms with van der Waals surface area (Å²) in [4.78, 5) is 33.6. The summed E-state index contributed by atoms with van der Waals surface area (Å²) in [5.74, 6) is -0.293. The van der Waals surface area contributed by atoms with Crippen molar-refractivity contribution in [3.05, 3.63) is 177 Å². The lowest BCUT2D eigenvalue weighted by Crippen LogP contribution is -2.29. The molecule has 0 saturated heterocycles. The molecule has 0 bridgehead atoms. The van der Waals surface area contributed by atoms with Crippen molar-refractivity contribution in [3.8, 4) is 0 Å². The fourth-order valence-electron chi connectivity index (χ4n) is 7.66. The molecule has 0 radical (unpaired) electrons. The number of hydrogen-bond acceptors (Lipinski definition) is 2. The Kier molecular flexibility index (Phi) is 7.10. The molecule has 0 fully saturated rings. The van der Waals surface area contributed by atoms with Crippen LogP contribution in [0.3, 0.4) is 0 Å². The van der Waals surface area contributed by atoms with Crippen LogP contribution in [0.25, 0.3) is 32.9 Å².